The Bertz CT molecular complexity index is 579. The van der Waals surface area contributed by atoms with E-state index in [4.69, 9.17) is 0 Å². The number of benzene rings is 1. The monoisotopic (exact) mass is 296 g/mol. The maximum Gasteiger partial charge on any atom is 0.242 e. The van der Waals surface area contributed by atoms with Crippen molar-refractivity contribution < 1.29 is 8.42 Å². The fraction of sp³-hybridized carbons (Fsp3) is 0.600. The first-order valence-electron chi connectivity index (χ1n) is 7.02. The predicted octanol–water partition coefficient (Wildman–Crippen LogP) is 2.93. The number of hydrogen-bond donors (Lipinski definition) is 1. The van der Waals surface area contributed by atoms with Crippen LogP contribution in [0.5, 0.6) is 0 Å². The summed E-state index contributed by atoms with van der Waals surface area (Å²) in [6, 6.07) is 7.49. The molecule has 0 saturated heterocycles. The highest BCUT2D eigenvalue weighted by molar-refractivity contribution is 7.89. The third-order valence-electron chi connectivity index (χ3n) is 4.21. The Hall–Kier alpha value is -1.07. The Kier molecular flexibility index (Phi) is 4.12. The van der Waals surface area contributed by atoms with Crippen molar-refractivity contribution in [3.05, 3.63) is 24.3 Å². The summed E-state index contributed by atoms with van der Waals surface area (Å²) in [5, 5.41) is 3.50. The molecule has 1 fully saturated rings. The van der Waals surface area contributed by atoms with Crippen molar-refractivity contribution in [3.63, 3.8) is 0 Å². The average molecular weight is 296 g/mol. The summed E-state index contributed by atoms with van der Waals surface area (Å²) in [6.45, 7) is 4.52. The van der Waals surface area contributed by atoms with Crippen LogP contribution in [-0.4, -0.2) is 32.9 Å². The molecule has 0 aliphatic heterocycles. The van der Waals surface area contributed by atoms with E-state index in [9.17, 15) is 8.42 Å². The SMILES string of the molecule is CN(C)S(=O)(=O)c1cccc(NC2CCCC2(C)C)c1. The molecule has 1 aliphatic rings. The van der Waals surface area contributed by atoms with Crippen LogP contribution in [-0.2, 0) is 10.0 Å². The zero-order valence-corrected chi connectivity index (χ0v) is 13.5. The lowest BCUT2D eigenvalue weighted by molar-refractivity contribution is 0.350. The number of rotatable bonds is 4. The van der Waals surface area contributed by atoms with Crippen molar-refractivity contribution in [3.8, 4) is 0 Å². The molecule has 0 heterocycles. The summed E-state index contributed by atoms with van der Waals surface area (Å²) in [7, 11) is -0.266. The van der Waals surface area contributed by atoms with Gasteiger partial charge in [-0.25, -0.2) is 12.7 Å². The molecule has 1 aromatic carbocycles. The third kappa shape index (κ3) is 2.99. The van der Waals surface area contributed by atoms with Gasteiger partial charge in [-0.05, 0) is 36.5 Å². The summed E-state index contributed by atoms with van der Waals surface area (Å²) in [4.78, 5) is 0.336. The van der Waals surface area contributed by atoms with Crippen molar-refractivity contribution in [2.45, 2.75) is 44.0 Å². The van der Waals surface area contributed by atoms with Crippen LogP contribution in [0.1, 0.15) is 33.1 Å². The lowest BCUT2D eigenvalue weighted by Crippen LogP contribution is -2.31. The zero-order valence-electron chi connectivity index (χ0n) is 12.7. The van der Waals surface area contributed by atoms with E-state index in [1.165, 1.54) is 17.1 Å². The molecule has 1 atom stereocenters. The van der Waals surface area contributed by atoms with Gasteiger partial charge in [-0.15, -0.1) is 0 Å². The largest absolute Gasteiger partial charge is 0.382 e. The standard InChI is InChI=1S/C15H24N2O2S/c1-15(2)10-6-9-14(15)16-12-7-5-8-13(11-12)20(18,19)17(3)4/h5,7-8,11,14,16H,6,9-10H2,1-4H3. The van der Waals surface area contributed by atoms with Gasteiger partial charge in [0.1, 0.15) is 0 Å². The number of sulfonamides is 1. The van der Waals surface area contributed by atoms with Gasteiger partial charge in [0, 0.05) is 25.8 Å². The molecule has 1 aliphatic carbocycles. The molecule has 112 valence electrons. The quantitative estimate of drug-likeness (QED) is 0.929. The van der Waals surface area contributed by atoms with E-state index < -0.39 is 10.0 Å². The lowest BCUT2D eigenvalue weighted by atomic mass is 9.87. The van der Waals surface area contributed by atoms with Crippen molar-refractivity contribution in [1.82, 2.24) is 4.31 Å². The van der Waals surface area contributed by atoms with Crippen molar-refractivity contribution >= 4 is 15.7 Å². The molecule has 20 heavy (non-hydrogen) atoms. The summed E-state index contributed by atoms with van der Waals surface area (Å²) >= 11 is 0. The van der Waals surface area contributed by atoms with E-state index in [2.05, 4.69) is 19.2 Å². The van der Waals surface area contributed by atoms with Crippen LogP contribution in [0.25, 0.3) is 0 Å². The topological polar surface area (TPSA) is 49.4 Å². The van der Waals surface area contributed by atoms with E-state index in [1.807, 2.05) is 6.07 Å². The number of nitrogens with one attached hydrogen (secondary N) is 1. The van der Waals surface area contributed by atoms with E-state index in [1.54, 1.807) is 32.3 Å². The molecule has 0 amide bonds. The van der Waals surface area contributed by atoms with Crippen LogP contribution in [0.3, 0.4) is 0 Å². The van der Waals surface area contributed by atoms with E-state index in [0.29, 0.717) is 10.9 Å². The Balaban J connectivity index is 2.23. The molecule has 1 N–H and O–H groups in total. The molecule has 0 aromatic heterocycles. The highest BCUT2D eigenvalue weighted by atomic mass is 32.2. The van der Waals surface area contributed by atoms with Gasteiger partial charge in [0.25, 0.3) is 0 Å². The van der Waals surface area contributed by atoms with Crippen LogP contribution in [0, 0.1) is 5.41 Å². The number of hydrogen-bond acceptors (Lipinski definition) is 3. The van der Waals surface area contributed by atoms with E-state index >= 15 is 0 Å². The fourth-order valence-electron chi connectivity index (χ4n) is 2.75. The number of anilines is 1. The van der Waals surface area contributed by atoms with Gasteiger partial charge in [-0.3, -0.25) is 0 Å². The fourth-order valence-corrected chi connectivity index (χ4v) is 3.70. The average Bonchev–Trinajstić information content (AvgIpc) is 2.69. The van der Waals surface area contributed by atoms with Gasteiger partial charge in [0.2, 0.25) is 10.0 Å². The van der Waals surface area contributed by atoms with Crippen LogP contribution < -0.4 is 5.32 Å². The second kappa shape index (κ2) is 5.37. The summed E-state index contributed by atoms with van der Waals surface area (Å²) < 4.78 is 25.5. The molecular weight excluding hydrogens is 272 g/mol. The molecular formula is C15H24N2O2S. The Morgan fingerprint density at radius 2 is 2.00 bits per heavy atom. The third-order valence-corrected chi connectivity index (χ3v) is 6.02. The summed E-state index contributed by atoms with van der Waals surface area (Å²) in [6.07, 6.45) is 3.57. The normalized spacial score (nSPS) is 22.1. The van der Waals surface area contributed by atoms with Gasteiger partial charge in [-0.2, -0.15) is 0 Å². The molecule has 1 saturated carbocycles. The minimum absolute atomic E-state index is 0.260. The lowest BCUT2D eigenvalue weighted by Gasteiger charge is -2.29. The highest BCUT2D eigenvalue weighted by Crippen LogP contribution is 2.39. The Morgan fingerprint density at radius 3 is 2.55 bits per heavy atom. The van der Waals surface area contributed by atoms with Gasteiger partial charge in [-0.1, -0.05) is 26.3 Å². The maximum absolute atomic E-state index is 12.1. The van der Waals surface area contributed by atoms with Gasteiger partial charge < -0.3 is 5.32 Å². The van der Waals surface area contributed by atoms with Crippen LogP contribution in [0.15, 0.2) is 29.2 Å². The second-order valence-electron chi connectivity index (χ2n) is 6.39. The predicted molar refractivity (Wildman–Crippen MR) is 82.4 cm³/mol. The molecule has 5 heteroatoms. The van der Waals surface area contributed by atoms with Crippen LogP contribution >= 0.6 is 0 Å². The van der Waals surface area contributed by atoms with E-state index in [-0.39, 0.29) is 5.41 Å². The van der Waals surface area contributed by atoms with Crippen LogP contribution in [0.2, 0.25) is 0 Å². The number of nitrogens with zero attached hydrogens (tertiary/aromatic N) is 1. The molecule has 0 radical (unpaired) electrons. The molecule has 2 rings (SSSR count). The summed E-state index contributed by atoms with van der Waals surface area (Å²) in [5.41, 5.74) is 1.14. The highest BCUT2D eigenvalue weighted by Gasteiger charge is 2.34. The van der Waals surface area contributed by atoms with Crippen LogP contribution in [0.4, 0.5) is 5.69 Å². The molecule has 1 aromatic rings. The van der Waals surface area contributed by atoms with Crippen molar-refractivity contribution in [1.29, 1.82) is 0 Å². The zero-order chi connectivity index (χ0) is 15.0. The molecule has 0 spiro atoms. The first-order valence-corrected chi connectivity index (χ1v) is 8.47. The van der Waals surface area contributed by atoms with Gasteiger partial charge in [0.15, 0.2) is 0 Å². The maximum atomic E-state index is 12.1. The minimum Gasteiger partial charge on any atom is -0.382 e. The molecule has 0 bridgehead atoms. The molecule has 4 nitrogen and oxygen atoms in total. The van der Waals surface area contributed by atoms with Gasteiger partial charge >= 0.3 is 0 Å². The van der Waals surface area contributed by atoms with Crippen molar-refractivity contribution in [2.24, 2.45) is 5.41 Å². The first kappa shape index (κ1) is 15.3. The Morgan fingerprint density at radius 1 is 1.30 bits per heavy atom. The smallest absolute Gasteiger partial charge is 0.242 e. The van der Waals surface area contributed by atoms with Gasteiger partial charge in [0.05, 0.1) is 4.90 Å². The first-order chi connectivity index (χ1) is 9.23. The van der Waals surface area contributed by atoms with Crippen molar-refractivity contribution in [2.75, 3.05) is 19.4 Å². The van der Waals surface area contributed by atoms with E-state index in [0.717, 1.165) is 12.1 Å². The second-order valence-corrected chi connectivity index (χ2v) is 8.54. The minimum atomic E-state index is -3.37. The molecule has 1 unspecified atom stereocenters. The Labute approximate surface area is 122 Å². The summed E-state index contributed by atoms with van der Waals surface area (Å²) in [5.74, 6) is 0.